The Morgan fingerprint density at radius 3 is 2.03 bits per heavy atom. The van der Waals surface area contributed by atoms with Crippen molar-refractivity contribution in [2.75, 3.05) is 9.44 Å². The van der Waals surface area contributed by atoms with Crippen molar-refractivity contribution in [3.8, 4) is 0 Å². The van der Waals surface area contributed by atoms with E-state index in [9.17, 15) is 16.8 Å². The van der Waals surface area contributed by atoms with E-state index in [1.165, 1.54) is 36.4 Å². The van der Waals surface area contributed by atoms with Crippen molar-refractivity contribution < 1.29 is 16.8 Å². The van der Waals surface area contributed by atoms with Crippen LogP contribution in [-0.2, 0) is 20.0 Å². The summed E-state index contributed by atoms with van der Waals surface area (Å²) in [5.74, 6) is 0.596. The maximum absolute atomic E-state index is 12.8. The van der Waals surface area contributed by atoms with Gasteiger partial charge in [0.05, 0.1) is 9.79 Å². The maximum Gasteiger partial charge on any atom is 0.263 e. The third-order valence-electron chi connectivity index (χ3n) is 4.37. The van der Waals surface area contributed by atoms with E-state index < -0.39 is 20.0 Å². The number of nitrogens with zero attached hydrogens (tertiary/aromatic N) is 2. The zero-order valence-electron chi connectivity index (χ0n) is 17.3. The molecule has 1 aromatic heterocycles. The van der Waals surface area contributed by atoms with Crippen LogP contribution >= 0.6 is 11.6 Å². The normalized spacial score (nSPS) is 11.9. The molecule has 31 heavy (non-hydrogen) atoms. The van der Waals surface area contributed by atoms with Gasteiger partial charge in [-0.1, -0.05) is 11.6 Å². The number of hydrogen-bond donors (Lipinski definition) is 2. The maximum atomic E-state index is 12.8. The first-order valence-corrected chi connectivity index (χ1v) is 12.5. The zero-order chi connectivity index (χ0) is 23.0. The van der Waals surface area contributed by atoms with Gasteiger partial charge < -0.3 is 0 Å². The quantitative estimate of drug-likeness (QED) is 0.551. The molecule has 3 rings (SSSR count). The van der Waals surface area contributed by atoms with E-state index in [-0.39, 0.29) is 21.3 Å². The molecule has 0 amide bonds. The molecule has 0 aliphatic rings. The fourth-order valence-corrected chi connectivity index (χ4v) is 5.50. The predicted octanol–water partition coefficient (Wildman–Crippen LogP) is 3.97. The Morgan fingerprint density at radius 2 is 1.42 bits per heavy atom. The highest BCUT2D eigenvalue weighted by molar-refractivity contribution is 7.93. The molecule has 0 aliphatic carbocycles. The number of rotatable bonds is 6. The summed E-state index contributed by atoms with van der Waals surface area (Å²) in [7, 11) is -7.79. The summed E-state index contributed by atoms with van der Waals surface area (Å²) >= 11 is 6.05. The first kappa shape index (κ1) is 23.0. The molecule has 3 aromatic rings. The molecule has 0 saturated heterocycles. The van der Waals surface area contributed by atoms with Crippen molar-refractivity contribution in [2.45, 2.75) is 37.5 Å². The minimum Gasteiger partial charge on any atom is -0.280 e. The summed E-state index contributed by atoms with van der Waals surface area (Å²) in [5, 5.41) is 0.479. The predicted molar refractivity (Wildman–Crippen MR) is 120 cm³/mol. The number of benzene rings is 2. The fraction of sp³-hybridized carbons (Fsp3) is 0.200. The summed E-state index contributed by atoms with van der Waals surface area (Å²) in [5.41, 5.74) is 1.99. The number of hydrogen-bond acceptors (Lipinski definition) is 6. The molecule has 11 heteroatoms. The molecule has 0 atom stereocenters. The monoisotopic (exact) mass is 480 g/mol. The van der Waals surface area contributed by atoms with E-state index in [0.717, 1.165) is 0 Å². The largest absolute Gasteiger partial charge is 0.280 e. The lowest BCUT2D eigenvalue weighted by atomic mass is 10.2. The van der Waals surface area contributed by atoms with Crippen molar-refractivity contribution >= 4 is 43.2 Å². The molecule has 8 nitrogen and oxygen atoms in total. The Morgan fingerprint density at radius 1 is 0.774 bits per heavy atom. The number of halogens is 1. The van der Waals surface area contributed by atoms with Crippen molar-refractivity contribution in [2.24, 2.45) is 0 Å². The number of aryl methyl sites for hydroxylation is 4. The molecule has 2 aromatic carbocycles. The van der Waals surface area contributed by atoms with Crippen LogP contribution in [0.2, 0.25) is 5.02 Å². The number of sulfonamides is 2. The van der Waals surface area contributed by atoms with Crippen LogP contribution in [0.5, 0.6) is 0 Å². The standard InChI is InChI=1S/C20H21ClN4O4S2/c1-12-10-19(13(2)9-18(12)21)31(28,29)24-16-5-7-17(8-6-16)30(26,27)25-20-11-14(3)22-15(4)23-20/h5-11,24H,1-4H3,(H,22,23,25). The van der Waals surface area contributed by atoms with E-state index >= 15 is 0 Å². The third kappa shape index (κ3) is 5.33. The molecule has 2 N–H and O–H groups in total. The van der Waals surface area contributed by atoms with Gasteiger partial charge >= 0.3 is 0 Å². The van der Waals surface area contributed by atoms with E-state index in [4.69, 9.17) is 11.6 Å². The van der Waals surface area contributed by atoms with Gasteiger partial charge in [0.25, 0.3) is 20.0 Å². The summed E-state index contributed by atoms with van der Waals surface area (Å²) in [6.45, 7) is 6.76. The molecule has 0 unspecified atom stereocenters. The molecule has 0 spiro atoms. The molecule has 0 saturated carbocycles. The zero-order valence-corrected chi connectivity index (χ0v) is 19.7. The Hall–Kier alpha value is -2.69. The molecule has 0 radical (unpaired) electrons. The van der Waals surface area contributed by atoms with Gasteiger partial charge in [0.2, 0.25) is 0 Å². The average Bonchev–Trinajstić information content (AvgIpc) is 2.63. The minimum atomic E-state index is -3.91. The highest BCUT2D eigenvalue weighted by Gasteiger charge is 2.20. The molecule has 0 fully saturated rings. The molecule has 164 valence electrons. The lowest BCUT2D eigenvalue weighted by molar-refractivity contribution is 0.599. The molecule has 0 bridgehead atoms. The summed E-state index contributed by atoms with van der Waals surface area (Å²) in [4.78, 5) is 8.23. The summed E-state index contributed by atoms with van der Waals surface area (Å²) in [6, 6.07) is 9.96. The fourth-order valence-electron chi connectivity index (χ4n) is 2.92. The van der Waals surface area contributed by atoms with Gasteiger partial charge in [-0.3, -0.25) is 9.44 Å². The second-order valence-electron chi connectivity index (χ2n) is 7.04. The van der Waals surface area contributed by atoms with Crippen LogP contribution in [0.3, 0.4) is 0 Å². The van der Waals surface area contributed by atoms with Crippen LogP contribution in [0.4, 0.5) is 11.5 Å². The van der Waals surface area contributed by atoms with Crippen LogP contribution in [0.1, 0.15) is 22.6 Å². The lowest BCUT2D eigenvalue weighted by Crippen LogP contribution is -2.16. The van der Waals surface area contributed by atoms with Crippen LogP contribution in [0.25, 0.3) is 0 Å². The Bertz CT molecular complexity index is 1340. The lowest BCUT2D eigenvalue weighted by Gasteiger charge is -2.13. The van der Waals surface area contributed by atoms with Gasteiger partial charge in [-0.25, -0.2) is 26.8 Å². The number of anilines is 2. The topological polar surface area (TPSA) is 118 Å². The molecule has 0 aliphatic heterocycles. The van der Waals surface area contributed by atoms with Crippen molar-refractivity contribution in [3.05, 3.63) is 70.1 Å². The van der Waals surface area contributed by atoms with Crippen molar-refractivity contribution in [1.82, 2.24) is 9.97 Å². The number of nitrogens with one attached hydrogen (secondary N) is 2. The smallest absolute Gasteiger partial charge is 0.263 e. The second-order valence-corrected chi connectivity index (χ2v) is 10.8. The summed E-state index contributed by atoms with van der Waals surface area (Å²) in [6.07, 6.45) is 0. The highest BCUT2D eigenvalue weighted by Crippen LogP contribution is 2.26. The van der Waals surface area contributed by atoms with E-state index in [1.807, 2.05) is 0 Å². The Balaban J connectivity index is 1.83. The third-order valence-corrected chi connectivity index (χ3v) is 7.67. The molecule has 1 heterocycles. The van der Waals surface area contributed by atoms with Gasteiger partial charge in [0.15, 0.2) is 0 Å². The van der Waals surface area contributed by atoms with E-state index in [0.29, 0.717) is 27.7 Å². The first-order chi connectivity index (χ1) is 14.4. The highest BCUT2D eigenvalue weighted by atomic mass is 35.5. The van der Waals surface area contributed by atoms with Gasteiger partial charge in [-0.05, 0) is 75.2 Å². The number of aromatic nitrogens is 2. The second kappa shape index (κ2) is 8.45. The van der Waals surface area contributed by atoms with Gasteiger partial charge in [0, 0.05) is 22.5 Å². The van der Waals surface area contributed by atoms with Gasteiger partial charge in [-0.15, -0.1) is 0 Å². The summed E-state index contributed by atoms with van der Waals surface area (Å²) < 4.78 is 55.7. The van der Waals surface area contributed by atoms with E-state index in [1.54, 1.807) is 33.8 Å². The van der Waals surface area contributed by atoms with E-state index in [2.05, 4.69) is 19.4 Å². The van der Waals surface area contributed by atoms with Crippen LogP contribution in [-0.4, -0.2) is 26.8 Å². The molecular weight excluding hydrogens is 460 g/mol. The average molecular weight is 481 g/mol. The van der Waals surface area contributed by atoms with Gasteiger partial charge in [0.1, 0.15) is 11.6 Å². The van der Waals surface area contributed by atoms with Crippen LogP contribution in [0.15, 0.2) is 52.3 Å². The van der Waals surface area contributed by atoms with Crippen molar-refractivity contribution in [3.63, 3.8) is 0 Å². The molecular formula is C20H21ClN4O4S2. The first-order valence-electron chi connectivity index (χ1n) is 9.12. The Labute approximate surface area is 186 Å². The Kier molecular flexibility index (Phi) is 6.26. The van der Waals surface area contributed by atoms with Crippen LogP contribution in [0, 0.1) is 27.7 Å². The minimum absolute atomic E-state index is 0.0390. The van der Waals surface area contributed by atoms with Crippen LogP contribution < -0.4 is 9.44 Å². The van der Waals surface area contributed by atoms with Crippen molar-refractivity contribution in [1.29, 1.82) is 0 Å². The van der Waals surface area contributed by atoms with Gasteiger partial charge in [-0.2, -0.15) is 0 Å². The SMILES string of the molecule is Cc1cc(NS(=O)(=O)c2ccc(NS(=O)(=O)c3cc(C)c(Cl)cc3C)cc2)nc(C)n1.